The molecule has 102 valence electrons. The molecule has 0 aliphatic heterocycles. The number of nitrogens with zero attached hydrogens (tertiary/aromatic N) is 1. The zero-order chi connectivity index (χ0) is 13.5. The van der Waals surface area contributed by atoms with Crippen LogP contribution in [0.4, 0.5) is 5.69 Å². The van der Waals surface area contributed by atoms with Gasteiger partial charge in [-0.2, -0.15) is 0 Å². The molecular weight excluding hydrogens is 268 g/mol. The van der Waals surface area contributed by atoms with Crippen molar-refractivity contribution < 1.29 is 4.42 Å². The average Bonchev–Trinajstić information content (AvgIpc) is 2.91. The Labute approximate surface area is 121 Å². The Morgan fingerprint density at radius 2 is 2.25 bits per heavy atom. The molecule has 3 nitrogen and oxygen atoms in total. The van der Waals surface area contributed by atoms with Gasteiger partial charge in [0.1, 0.15) is 11.5 Å². The van der Waals surface area contributed by atoms with Gasteiger partial charge in [0.05, 0.1) is 22.3 Å². The summed E-state index contributed by atoms with van der Waals surface area (Å²) in [7, 11) is 0. The van der Waals surface area contributed by atoms with E-state index in [1.165, 1.54) is 11.1 Å². The van der Waals surface area contributed by atoms with E-state index in [4.69, 9.17) is 4.42 Å². The highest BCUT2D eigenvalue weighted by atomic mass is 32.1. The summed E-state index contributed by atoms with van der Waals surface area (Å²) in [5.41, 5.74) is 4.05. The van der Waals surface area contributed by atoms with Crippen LogP contribution >= 0.6 is 11.3 Å². The minimum atomic E-state index is 0.650. The lowest BCUT2D eigenvalue weighted by molar-refractivity contribution is 0.468. The largest absolute Gasteiger partial charge is 0.464 e. The predicted octanol–water partition coefficient (Wildman–Crippen LogP) is 4.62. The zero-order valence-electron chi connectivity index (χ0n) is 11.3. The molecule has 2 atom stereocenters. The van der Waals surface area contributed by atoms with Crippen molar-refractivity contribution in [3.05, 3.63) is 47.4 Å². The molecule has 1 aliphatic carbocycles. The normalized spacial score (nSPS) is 21.2. The molecule has 20 heavy (non-hydrogen) atoms. The maximum absolute atomic E-state index is 5.90. The lowest BCUT2D eigenvalue weighted by Gasteiger charge is -2.04. The Balaban J connectivity index is 1.45. The lowest BCUT2D eigenvalue weighted by Crippen LogP contribution is -1.97. The standard InChI is InChI=1S/C16H16N2OS/c1-10-6-13(10)15-5-3-12(19-15)8-17-11-2-4-14-16(7-11)20-9-18-14/h2-5,7,9-10,13,17H,6,8H2,1H3. The highest BCUT2D eigenvalue weighted by Crippen LogP contribution is 2.47. The lowest BCUT2D eigenvalue weighted by atomic mass is 10.3. The Hall–Kier alpha value is -1.81. The van der Waals surface area contributed by atoms with Crippen molar-refractivity contribution in [2.45, 2.75) is 25.8 Å². The molecule has 0 bridgehead atoms. The van der Waals surface area contributed by atoms with Crippen LogP contribution < -0.4 is 5.32 Å². The average molecular weight is 284 g/mol. The number of fused-ring (bicyclic) bond motifs is 1. The summed E-state index contributed by atoms with van der Waals surface area (Å²) in [4.78, 5) is 4.29. The maximum atomic E-state index is 5.90. The Bertz CT molecular complexity index is 746. The monoisotopic (exact) mass is 284 g/mol. The van der Waals surface area contributed by atoms with Gasteiger partial charge in [-0.05, 0) is 42.7 Å². The molecule has 2 heterocycles. The third-order valence-electron chi connectivity index (χ3n) is 3.96. The molecule has 0 saturated heterocycles. The van der Waals surface area contributed by atoms with Crippen molar-refractivity contribution in [1.29, 1.82) is 0 Å². The molecule has 1 N–H and O–H groups in total. The van der Waals surface area contributed by atoms with E-state index in [-0.39, 0.29) is 0 Å². The van der Waals surface area contributed by atoms with Crippen molar-refractivity contribution in [2.75, 3.05) is 5.32 Å². The molecule has 1 aliphatic rings. The third-order valence-corrected chi connectivity index (χ3v) is 4.75. The van der Waals surface area contributed by atoms with E-state index in [2.05, 4.69) is 41.5 Å². The highest BCUT2D eigenvalue weighted by molar-refractivity contribution is 7.16. The summed E-state index contributed by atoms with van der Waals surface area (Å²) in [6, 6.07) is 10.5. The fourth-order valence-electron chi connectivity index (χ4n) is 2.56. The fraction of sp³-hybridized carbons (Fsp3) is 0.312. The molecule has 0 spiro atoms. The van der Waals surface area contributed by atoms with Crippen LogP contribution in [0.15, 0.2) is 40.3 Å². The summed E-state index contributed by atoms with van der Waals surface area (Å²) < 4.78 is 7.11. The van der Waals surface area contributed by atoms with Gasteiger partial charge < -0.3 is 9.73 Å². The Morgan fingerprint density at radius 1 is 1.35 bits per heavy atom. The first-order valence-corrected chi connectivity index (χ1v) is 7.83. The third kappa shape index (κ3) is 2.20. The number of anilines is 1. The van der Waals surface area contributed by atoms with Gasteiger partial charge in [0.15, 0.2) is 0 Å². The second kappa shape index (κ2) is 4.63. The smallest absolute Gasteiger partial charge is 0.123 e. The number of aromatic nitrogens is 1. The van der Waals surface area contributed by atoms with Gasteiger partial charge in [-0.25, -0.2) is 4.98 Å². The van der Waals surface area contributed by atoms with Crippen molar-refractivity contribution >= 4 is 27.2 Å². The number of thiazole rings is 1. The molecule has 2 aromatic heterocycles. The van der Waals surface area contributed by atoms with Gasteiger partial charge in [0, 0.05) is 11.6 Å². The van der Waals surface area contributed by atoms with Crippen LogP contribution in [-0.4, -0.2) is 4.98 Å². The quantitative estimate of drug-likeness (QED) is 0.759. The van der Waals surface area contributed by atoms with E-state index in [1.807, 2.05) is 11.6 Å². The van der Waals surface area contributed by atoms with Crippen LogP contribution in [0.5, 0.6) is 0 Å². The van der Waals surface area contributed by atoms with Crippen molar-refractivity contribution in [3.8, 4) is 0 Å². The molecule has 4 heteroatoms. The topological polar surface area (TPSA) is 38.1 Å². The summed E-state index contributed by atoms with van der Waals surface area (Å²) >= 11 is 1.67. The van der Waals surface area contributed by atoms with Crippen LogP contribution in [0.1, 0.15) is 30.8 Å². The fourth-order valence-corrected chi connectivity index (χ4v) is 3.28. The van der Waals surface area contributed by atoms with E-state index in [1.54, 1.807) is 11.3 Å². The minimum absolute atomic E-state index is 0.650. The van der Waals surface area contributed by atoms with Gasteiger partial charge in [-0.15, -0.1) is 11.3 Å². The van der Waals surface area contributed by atoms with E-state index in [0.717, 1.165) is 35.2 Å². The first-order valence-electron chi connectivity index (χ1n) is 6.95. The van der Waals surface area contributed by atoms with E-state index in [9.17, 15) is 0 Å². The van der Waals surface area contributed by atoms with Gasteiger partial charge in [-0.1, -0.05) is 6.92 Å². The van der Waals surface area contributed by atoms with Crippen molar-refractivity contribution in [3.63, 3.8) is 0 Å². The van der Waals surface area contributed by atoms with E-state index in [0.29, 0.717) is 5.92 Å². The number of furan rings is 1. The SMILES string of the molecule is CC1CC1c1ccc(CNc2ccc3ncsc3c2)o1. The summed E-state index contributed by atoms with van der Waals surface area (Å²) in [5.74, 6) is 3.59. The van der Waals surface area contributed by atoms with Crippen molar-refractivity contribution in [1.82, 2.24) is 4.98 Å². The molecule has 1 aromatic carbocycles. The Kier molecular flexibility index (Phi) is 2.77. The number of hydrogen-bond acceptors (Lipinski definition) is 4. The molecule has 3 aromatic rings. The van der Waals surface area contributed by atoms with Crippen molar-refractivity contribution in [2.24, 2.45) is 5.92 Å². The molecule has 1 saturated carbocycles. The second-order valence-corrected chi connectivity index (χ2v) is 6.40. The number of nitrogens with one attached hydrogen (secondary N) is 1. The summed E-state index contributed by atoms with van der Waals surface area (Å²) in [6.45, 7) is 3.00. The summed E-state index contributed by atoms with van der Waals surface area (Å²) in [6.07, 6.45) is 1.27. The predicted molar refractivity (Wildman–Crippen MR) is 82.2 cm³/mol. The van der Waals surface area contributed by atoms with E-state index < -0.39 is 0 Å². The first kappa shape index (κ1) is 12.0. The zero-order valence-corrected chi connectivity index (χ0v) is 12.1. The van der Waals surface area contributed by atoms with Gasteiger partial charge >= 0.3 is 0 Å². The first-order chi connectivity index (χ1) is 9.79. The minimum Gasteiger partial charge on any atom is -0.464 e. The van der Waals surface area contributed by atoms with Gasteiger partial charge in [-0.3, -0.25) is 0 Å². The second-order valence-electron chi connectivity index (χ2n) is 5.51. The molecule has 0 radical (unpaired) electrons. The highest BCUT2D eigenvalue weighted by Gasteiger charge is 2.36. The molecule has 0 amide bonds. The maximum Gasteiger partial charge on any atom is 0.123 e. The van der Waals surface area contributed by atoms with E-state index >= 15 is 0 Å². The van der Waals surface area contributed by atoms with Gasteiger partial charge in [0.2, 0.25) is 0 Å². The summed E-state index contributed by atoms with van der Waals surface area (Å²) in [5, 5.41) is 3.41. The molecular formula is C16H16N2OS. The van der Waals surface area contributed by atoms with Crippen LogP contribution in [-0.2, 0) is 6.54 Å². The van der Waals surface area contributed by atoms with Crippen LogP contribution in [0.3, 0.4) is 0 Å². The number of rotatable bonds is 4. The van der Waals surface area contributed by atoms with Crippen LogP contribution in [0.25, 0.3) is 10.2 Å². The molecule has 1 fully saturated rings. The Morgan fingerprint density at radius 3 is 3.10 bits per heavy atom. The number of hydrogen-bond donors (Lipinski definition) is 1. The van der Waals surface area contributed by atoms with Crippen LogP contribution in [0, 0.1) is 5.92 Å². The molecule has 2 unspecified atom stereocenters. The number of benzene rings is 1. The van der Waals surface area contributed by atoms with Crippen LogP contribution in [0.2, 0.25) is 0 Å². The molecule has 4 rings (SSSR count). The van der Waals surface area contributed by atoms with Gasteiger partial charge in [0.25, 0.3) is 0 Å².